The van der Waals surface area contributed by atoms with Crippen LogP contribution in [0.25, 0.3) is 0 Å². The Labute approximate surface area is 124 Å². The Hall–Kier alpha value is -0.410. The number of halogens is 2. The Morgan fingerprint density at radius 3 is 2.63 bits per heavy atom. The summed E-state index contributed by atoms with van der Waals surface area (Å²) in [4.78, 5) is 0. The van der Waals surface area contributed by atoms with Crippen LogP contribution >= 0.6 is 15.9 Å². The molecule has 1 saturated carbocycles. The number of benzene rings is 1. The SMILES string of the molecule is CCCC1CCC(NCc2ccc(Br)c(F)c2)CC1. The highest BCUT2D eigenvalue weighted by Gasteiger charge is 2.19. The molecule has 0 amide bonds. The zero-order valence-corrected chi connectivity index (χ0v) is 13.2. The lowest BCUT2D eigenvalue weighted by atomic mass is 9.83. The maximum absolute atomic E-state index is 13.4. The van der Waals surface area contributed by atoms with E-state index in [4.69, 9.17) is 0 Å². The van der Waals surface area contributed by atoms with Gasteiger partial charge in [-0.25, -0.2) is 4.39 Å². The molecule has 1 nitrogen and oxygen atoms in total. The number of hydrogen-bond acceptors (Lipinski definition) is 1. The first-order valence-corrected chi connectivity index (χ1v) is 8.15. The lowest BCUT2D eigenvalue weighted by Crippen LogP contribution is -2.32. The highest BCUT2D eigenvalue weighted by atomic mass is 79.9. The van der Waals surface area contributed by atoms with E-state index in [9.17, 15) is 4.39 Å². The Morgan fingerprint density at radius 2 is 2.00 bits per heavy atom. The summed E-state index contributed by atoms with van der Waals surface area (Å²) < 4.78 is 13.9. The van der Waals surface area contributed by atoms with E-state index >= 15 is 0 Å². The predicted octanol–water partition coefficient (Wildman–Crippen LogP) is 5.04. The molecule has 0 spiro atoms. The molecule has 1 fully saturated rings. The molecule has 1 aliphatic rings. The second-order valence-electron chi connectivity index (χ2n) is 5.64. The largest absolute Gasteiger partial charge is 0.310 e. The zero-order chi connectivity index (χ0) is 13.7. The Morgan fingerprint density at radius 1 is 1.26 bits per heavy atom. The molecule has 0 radical (unpaired) electrons. The van der Waals surface area contributed by atoms with E-state index in [0.29, 0.717) is 10.5 Å². The smallest absolute Gasteiger partial charge is 0.137 e. The van der Waals surface area contributed by atoms with Gasteiger partial charge in [0.05, 0.1) is 4.47 Å². The zero-order valence-electron chi connectivity index (χ0n) is 11.6. The lowest BCUT2D eigenvalue weighted by Gasteiger charge is -2.29. The standard InChI is InChI=1S/C16H23BrFN/c1-2-3-12-4-7-14(8-5-12)19-11-13-6-9-15(17)16(18)10-13/h6,9-10,12,14,19H,2-5,7-8,11H2,1H3. The van der Waals surface area contributed by atoms with Crippen molar-refractivity contribution in [2.24, 2.45) is 5.92 Å². The van der Waals surface area contributed by atoms with Crippen molar-refractivity contribution in [3.8, 4) is 0 Å². The second kappa shape index (κ2) is 7.39. The molecule has 106 valence electrons. The van der Waals surface area contributed by atoms with Gasteiger partial charge < -0.3 is 5.32 Å². The summed E-state index contributed by atoms with van der Waals surface area (Å²) in [5, 5.41) is 3.57. The molecule has 0 aliphatic heterocycles. The molecule has 19 heavy (non-hydrogen) atoms. The monoisotopic (exact) mass is 327 g/mol. The second-order valence-corrected chi connectivity index (χ2v) is 6.49. The first-order valence-electron chi connectivity index (χ1n) is 7.36. The topological polar surface area (TPSA) is 12.0 Å². The molecule has 0 heterocycles. The number of nitrogens with one attached hydrogen (secondary N) is 1. The lowest BCUT2D eigenvalue weighted by molar-refractivity contribution is 0.277. The van der Waals surface area contributed by atoms with E-state index < -0.39 is 0 Å². The summed E-state index contributed by atoms with van der Waals surface area (Å²) in [6.07, 6.45) is 7.92. The fourth-order valence-corrected chi connectivity index (χ4v) is 3.22. The molecule has 1 N–H and O–H groups in total. The molecule has 0 aromatic heterocycles. The molecule has 0 unspecified atom stereocenters. The predicted molar refractivity (Wildman–Crippen MR) is 81.6 cm³/mol. The molecule has 1 aromatic carbocycles. The van der Waals surface area contributed by atoms with Gasteiger partial charge in [-0.15, -0.1) is 0 Å². The molecule has 2 rings (SSSR count). The van der Waals surface area contributed by atoms with Crippen LogP contribution in [0.4, 0.5) is 4.39 Å². The Kier molecular flexibility index (Phi) is 5.83. The van der Waals surface area contributed by atoms with Crippen LogP contribution in [0.3, 0.4) is 0 Å². The minimum Gasteiger partial charge on any atom is -0.310 e. The summed E-state index contributed by atoms with van der Waals surface area (Å²) in [6, 6.07) is 5.98. The van der Waals surface area contributed by atoms with Crippen LogP contribution in [0.2, 0.25) is 0 Å². The van der Waals surface area contributed by atoms with E-state index in [2.05, 4.69) is 28.2 Å². The van der Waals surface area contributed by atoms with E-state index in [1.54, 1.807) is 12.1 Å². The molecule has 3 heteroatoms. The molecular formula is C16H23BrFN. The van der Waals surface area contributed by atoms with Crippen molar-refractivity contribution in [3.63, 3.8) is 0 Å². The summed E-state index contributed by atoms with van der Waals surface area (Å²) in [5.41, 5.74) is 1.02. The number of hydrogen-bond donors (Lipinski definition) is 1. The van der Waals surface area contributed by atoms with Gasteiger partial charge in [0.2, 0.25) is 0 Å². The van der Waals surface area contributed by atoms with Crippen LogP contribution in [-0.4, -0.2) is 6.04 Å². The average Bonchev–Trinajstić information content (AvgIpc) is 2.42. The van der Waals surface area contributed by atoms with E-state index in [0.717, 1.165) is 18.0 Å². The average molecular weight is 328 g/mol. The van der Waals surface area contributed by atoms with Crippen LogP contribution in [0.1, 0.15) is 51.0 Å². The molecule has 0 bridgehead atoms. The molecular weight excluding hydrogens is 305 g/mol. The minimum atomic E-state index is -0.175. The summed E-state index contributed by atoms with van der Waals surface area (Å²) in [5.74, 6) is 0.763. The van der Waals surface area contributed by atoms with Gasteiger partial charge in [0, 0.05) is 12.6 Å². The third-order valence-electron chi connectivity index (χ3n) is 4.12. The van der Waals surface area contributed by atoms with Gasteiger partial charge >= 0.3 is 0 Å². The van der Waals surface area contributed by atoms with Crippen LogP contribution in [-0.2, 0) is 6.54 Å². The Balaban J connectivity index is 1.75. The van der Waals surface area contributed by atoms with Crippen molar-refractivity contribution in [2.45, 2.75) is 58.0 Å². The highest BCUT2D eigenvalue weighted by Crippen LogP contribution is 2.28. The van der Waals surface area contributed by atoms with Crippen molar-refractivity contribution in [3.05, 3.63) is 34.1 Å². The third kappa shape index (κ3) is 4.57. The first kappa shape index (κ1) is 15.0. The molecule has 0 saturated heterocycles. The van der Waals surface area contributed by atoms with Gasteiger partial charge in [-0.05, 0) is 65.2 Å². The summed E-state index contributed by atoms with van der Waals surface area (Å²) in [7, 11) is 0. The van der Waals surface area contributed by atoms with Crippen LogP contribution in [0, 0.1) is 11.7 Å². The van der Waals surface area contributed by atoms with E-state index in [-0.39, 0.29) is 5.82 Å². The quantitative estimate of drug-likeness (QED) is 0.799. The number of rotatable bonds is 5. The summed E-state index contributed by atoms with van der Waals surface area (Å²) in [6.45, 7) is 3.04. The van der Waals surface area contributed by atoms with Crippen LogP contribution in [0.15, 0.2) is 22.7 Å². The van der Waals surface area contributed by atoms with Gasteiger partial charge in [0.15, 0.2) is 0 Å². The summed E-state index contributed by atoms with van der Waals surface area (Å²) >= 11 is 3.18. The van der Waals surface area contributed by atoms with Crippen molar-refractivity contribution >= 4 is 15.9 Å². The van der Waals surface area contributed by atoms with Crippen LogP contribution < -0.4 is 5.32 Å². The van der Waals surface area contributed by atoms with E-state index in [1.807, 2.05) is 6.07 Å². The van der Waals surface area contributed by atoms with Crippen molar-refractivity contribution in [1.29, 1.82) is 0 Å². The fourth-order valence-electron chi connectivity index (χ4n) is 2.98. The normalized spacial score (nSPS) is 23.5. The molecule has 0 atom stereocenters. The maximum atomic E-state index is 13.4. The third-order valence-corrected chi connectivity index (χ3v) is 4.77. The molecule has 1 aliphatic carbocycles. The highest BCUT2D eigenvalue weighted by molar-refractivity contribution is 9.10. The van der Waals surface area contributed by atoms with Gasteiger partial charge in [0.25, 0.3) is 0 Å². The van der Waals surface area contributed by atoms with Gasteiger partial charge in [-0.3, -0.25) is 0 Å². The van der Waals surface area contributed by atoms with Crippen molar-refractivity contribution in [2.75, 3.05) is 0 Å². The van der Waals surface area contributed by atoms with E-state index in [1.165, 1.54) is 38.5 Å². The van der Waals surface area contributed by atoms with Crippen molar-refractivity contribution in [1.82, 2.24) is 5.32 Å². The Bertz CT molecular complexity index is 400. The van der Waals surface area contributed by atoms with Gasteiger partial charge in [-0.1, -0.05) is 25.8 Å². The fraction of sp³-hybridized carbons (Fsp3) is 0.625. The first-order chi connectivity index (χ1) is 9.19. The molecule has 1 aromatic rings. The van der Waals surface area contributed by atoms with Gasteiger partial charge in [-0.2, -0.15) is 0 Å². The van der Waals surface area contributed by atoms with Crippen molar-refractivity contribution < 1.29 is 4.39 Å². The maximum Gasteiger partial charge on any atom is 0.137 e. The van der Waals surface area contributed by atoms with Crippen LogP contribution in [0.5, 0.6) is 0 Å². The van der Waals surface area contributed by atoms with Gasteiger partial charge in [0.1, 0.15) is 5.82 Å². The minimum absolute atomic E-state index is 0.175.